The quantitative estimate of drug-likeness (QED) is 0.457. The lowest BCUT2D eigenvalue weighted by Crippen LogP contribution is -2.28. The molecule has 1 amide bonds. The van der Waals surface area contributed by atoms with Gasteiger partial charge in [-0.15, -0.1) is 0 Å². The first kappa shape index (κ1) is 23.8. The van der Waals surface area contributed by atoms with E-state index in [1.165, 1.54) is 35.5 Å². The molecule has 168 valence electrons. The second-order valence-electron chi connectivity index (χ2n) is 7.28. The number of aromatic nitrogens is 1. The number of anilines is 1. The molecule has 0 bridgehead atoms. The summed E-state index contributed by atoms with van der Waals surface area (Å²) in [6, 6.07) is 15.1. The van der Waals surface area contributed by atoms with Crippen LogP contribution in [0.4, 0.5) is 5.13 Å². The van der Waals surface area contributed by atoms with Gasteiger partial charge in [0.05, 0.1) is 15.5 Å². The van der Waals surface area contributed by atoms with Crippen molar-refractivity contribution in [1.29, 1.82) is 0 Å². The van der Waals surface area contributed by atoms with Gasteiger partial charge in [-0.3, -0.25) is 14.9 Å². The number of sulfonamides is 1. The van der Waals surface area contributed by atoms with Crippen molar-refractivity contribution in [2.75, 3.05) is 18.9 Å². The van der Waals surface area contributed by atoms with E-state index in [1.54, 1.807) is 7.05 Å². The number of nitrogens with zero attached hydrogens (tertiary/aromatic N) is 2. The molecular formula is C23H25N3O4S2. The van der Waals surface area contributed by atoms with E-state index in [-0.39, 0.29) is 10.7 Å². The first-order valence-corrected chi connectivity index (χ1v) is 12.4. The number of carbonyl (C=O) groups is 2. The van der Waals surface area contributed by atoms with Crippen LogP contribution in [0.25, 0.3) is 11.3 Å². The fourth-order valence-electron chi connectivity index (χ4n) is 3.03. The van der Waals surface area contributed by atoms with Gasteiger partial charge in [-0.1, -0.05) is 55.0 Å². The van der Waals surface area contributed by atoms with Crippen LogP contribution in [0, 0.1) is 0 Å². The SMILES string of the molecule is CCCCN(C)S(=O)(=O)c1ccc(C(=O)Nc2nc(-c3ccccc3)c(C(C)=O)s2)cc1. The van der Waals surface area contributed by atoms with Gasteiger partial charge in [-0.2, -0.15) is 0 Å². The summed E-state index contributed by atoms with van der Waals surface area (Å²) in [6.07, 6.45) is 1.67. The lowest BCUT2D eigenvalue weighted by atomic mass is 10.1. The topological polar surface area (TPSA) is 96.4 Å². The van der Waals surface area contributed by atoms with Gasteiger partial charge in [0.15, 0.2) is 10.9 Å². The molecular weight excluding hydrogens is 446 g/mol. The number of Topliss-reactive ketones (excluding diaryl/α,β-unsaturated/α-hetero) is 1. The zero-order valence-corrected chi connectivity index (χ0v) is 19.8. The van der Waals surface area contributed by atoms with Crippen LogP contribution in [-0.2, 0) is 10.0 Å². The summed E-state index contributed by atoms with van der Waals surface area (Å²) < 4.78 is 26.6. The lowest BCUT2D eigenvalue weighted by Gasteiger charge is -2.16. The number of ketones is 1. The number of rotatable bonds is 9. The molecule has 1 aromatic heterocycles. The van der Waals surface area contributed by atoms with Gasteiger partial charge in [0, 0.05) is 31.6 Å². The van der Waals surface area contributed by atoms with Gasteiger partial charge in [-0.25, -0.2) is 17.7 Å². The van der Waals surface area contributed by atoms with Crippen molar-refractivity contribution >= 4 is 38.2 Å². The normalized spacial score (nSPS) is 11.5. The van der Waals surface area contributed by atoms with E-state index in [2.05, 4.69) is 10.3 Å². The summed E-state index contributed by atoms with van der Waals surface area (Å²) in [6.45, 7) is 3.90. The van der Waals surface area contributed by atoms with Crippen molar-refractivity contribution in [3.8, 4) is 11.3 Å². The number of amides is 1. The third kappa shape index (κ3) is 5.29. The highest BCUT2D eigenvalue weighted by Crippen LogP contribution is 2.31. The second-order valence-corrected chi connectivity index (χ2v) is 10.3. The van der Waals surface area contributed by atoms with Gasteiger partial charge in [-0.05, 0) is 30.7 Å². The van der Waals surface area contributed by atoms with Crippen molar-refractivity contribution in [3.63, 3.8) is 0 Å². The molecule has 9 heteroatoms. The summed E-state index contributed by atoms with van der Waals surface area (Å²) in [5.41, 5.74) is 1.60. The van der Waals surface area contributed by atoms with Crippen molar-refractivity contribution < 1.29 is 18.0 Å². The van der Waals surface area contributed by atoms with Crippen LogP contribution in [0.15, 0.2) is 59.5 Å². The molecule has 0 saturated carbocycles. The van der Waals surface area contributed by atoms with Crippen molar-refractivity contribution in [2.45, 2.75) is 31.6 Å². The van der Waals surface area contributed by atoms with E-state index < -0.39 is 15.9 Å². The highest BCUT2D eigenvalue weighted by atomic mass is 32.2. The number of unbranched alkanes of at least 4 members (excludes halogenated alkanes) is 1. The minimum absolute atomic E-state index is 0.132. The minimum atomic E-state index is -3.60. The molecule has 1 N–H and O–H groups in total. The van der Waals surface area contributed by atoms with E-state index >= 15 is 0 Å². The maximum Gasteiger partial charge on any atom is 0.257 e. The summed E-state index contributed by atoms with van der Waals surface area (Å²) in [7, 11) is -2.05. The van der Waals surface area contributed by atoms with E-state index in [9.17, 15) is 18.0 Å². The number of hydrogen-bond acceptors (Lipinski definition) is 6. The number of nitrogens with one attached hydrogen (secondary N) is 1. The molecule has 1 heterocycles. The van der Waals surface area contributed by atoms with Gasteiger partial charge >= 0.3 is 0 Å². The minimum Gasteiger partial charge on any atom is -0.298 e. The first-order chi connectivity index (χ1) is 15.2. The summed E-state index contributed by atoms with van der Waals surface area (Å²) in [4.78, 5) is 29.8. The molecule has 0 saturated heterocycles. The van der Waals surface area contributed by atoms with Crippen molar-refractivity contribution in [3.05, 3.63) is 65.0 Å². The average Bonchev–Trinajstić information content (AvgIpc) is 3.22. The van der Waals surface area contributed by atoms with E-state index in [4.69, 9.17) is 0 Å². The van der Waals surface area contributed by atoms with Crippen LogP contribution in [0.3, 0.4) is 0 Å². The molecule has 32 heavy (non-hydrogen) atoms. The van der Waals surface area contributed by atoms with E-state index in [1.807, 2.05) is 37.3 Å². The maximum absolute atomic E-state index is 12.7. The molecule has 0 fully saturated rings. The summed E-state index contributed by atoms with van der Waals surface area (Å²) in [5, 5.41) is 3.01. The fourth-order valence-corrected chi connectivity index (χ4v) is 5.12. The zero-order chi connectivity index (χ0) is 23.3. The Kier molecular flexibility index (Phi) is 7.55. The molecule has 0 aliphatic rings. The van der Waals surface area contributed by atoms with Gasteiger partial charge in [0.2, 0.25) is 10.0 Å². The van der Waals surface area contributed by atoms with Gasteiger partial charge in [0.25, 0.3) is 5.91 Å². The molecule has 0 aliphatic carbocycles. The van der Waals surface area contributed by atoms with Crippen molar-refractivity contribution in [1.82, 2.24) is 9.29 Å². The largest absolute Gasteiger partial charge is 0.298 e. The molecule has 3 aromatic rings. The molecule has 0 unspecified atom stereocenters. The Balaban J connectivity index is 1.79. The monoisotopic (exact) mass is 471 g/mol. The fraction of sp³-hybridized carbons (Fsp3) is 0.261. The molecule has 0 radical (unpaired) electrons. The van der Waals surface area contributed by atoms with Gasteiger partial charge in [0.1, 0.15) is 0 Å². The Labute approximate surface area is 192 Å². The second kappa shape index (κ2) is 10.2. The van der Waals surface area contributed by atoms with Crippen LogP contribution in [0.1, 0.15) is 46.7 Å². The van der Waals surface area contributed by atoms with E-state index in [0.717, 1.165) is 29.7 Å². The number of carbonyl (C=O) groups excluding carboxylic acids is 2. The lowest BCUT2D eigenvalue weighted by molar-refractivity contribution is 0.101. The van der Waals surface area contributed by atoms with Crippen LogP contribution < -0.4 is 5.32 Å². The molecule has 2 aromatic carbocycles. The summed E-state index contributed by atoms with van der Waals surface area (Å²) >= 11 is 1.11. The third-order valence-corrected chi connectivity index (χ3v) is 7.81. The first-order valence-electron chi connectivity index (χ1n) is 10.2. The van der Waals surface area contributed by atoms with Gasteiger partial charge < -0.3 is 0 Å². The Morgan fingerprint density at radius 2 is 1.72 bits per heavy atom. The molecule has 0 atom stereocenters. The van der Waals surface area contributed by atoms with Crippen LogP contribution in [0.2, 0.25) is 0 Å². The molecule has 7 nitrogen and oxygen atoms in total. The Hall–Kier alpha value is -2.88. The number of benzene rings is 2. The van der Waals surface area contributed by atoms with Crippen LogP contribution in [-0.4, -0.2) is 43.0 Å². The summed E-state index contributed by atoms with van der Waals surface area (Å²) in [5.74, 6) is -0.569. The number of thiazole rings is 1. The highest BCUT2D eigenvalue weighted by Gasteiger charge is 2.21. The number of hydrogen-bond donors (Lipinski definition) is 1. The Morgan fingerprint density at radius 3 is 2.31 bits per heavy atom. The highest BCUT2D eigenvalue weighted by molar-refractivity contribution is 7.89. The zero-order valence-electron chi connectivity index (χ0n) is 18.2. The Bertz CT molecular complexity index is 1200. The van der Waals surface area contributed by atoms with Crippen LogP contribution >= 0.6 is 11.3 Å². The molecule has 0 aliphatic heterocycles. The maximum atomic E-state index is 12.7. The predicted octanol–water partition coefficient (Wildman–Crippen LogP) is 4.69. The van der Waals surface area contributed by atoms with Crippen molar-refractivity contribution in [2.24, 2.45) is 0 Å². The Morgan fingerprint density at radius 1 is 1.06 bits per heavy atom. The molecule has 3 rings (SSSR count). The predicted molar refractivity (Wildman–Crippen MR) is 127 cm³/mol. The smallest absolute Gasteiger partial charge is 0.257 e. The average molecular weight is 472 g/mol. The van der Waals surface area contributed by atoms with E-state index in [0.29, 0.717) is 27.8 Å². The van der Waals surface area contributed by atoms with Crippen LogP contribution in [0.5, 0.6) is 0 Å². The molecule has 0 spiro atoms. The standard InChI is InChI=1S/C23H25N3O4S2/c1-4-5-15-26(3)32(29,30)19-13-11-18(12-14-19)22(28)25-23-24-20(21(31-23)16(2)27)17-9-7-6-8-10-17/h6-14H,4-5,15H2,1-3H3,(H,24,25,28). The third-order valence-electron chi connectivity index (χ3n) is 4.87.